The maximum Gasteiger partial charge on any atom is 0.416 e. The Morgan fingerprint density at radius 1 is 1.04 bits per heavy atom. The molecular weight excluding hydrogens is 375 g/mol. The summed E-state index contributed by atoms with van der Waals surface area (Å²) in [4.78, 5) is 35.2. The lowest BCUT2D eigenvalue weighted by Crippen LogP contribution is -2.16. The molecule has 2 rings (SSSR count). The van der Waals surface area contributed by atoms with E-state index in [0.717, 1.165) is 12.1 Å². The lowest BCUT2D eigenvalue weighted by molar-refractivity contribution is -0.142. The van der Waals surface area contributed by atoms with Crippen molar-refractivity contribution in [3.05, 3.63) is 65.2 Å². The molecular formula is C20H18F3NO4. The van der Waals surface area contributed by atoms with Gasteiger partial charge in [-0.1, -0.05) is 25.1 Å². The molecule has 0 unspecified atom stereocenters. The Morgan fingerprint density at radius 2 is 1.71 bits per heavy atom. The van der Waals surface area contributed by atoms with E-state index >= 15 is 0 Å². The van der Waals surface area contributed by atoms with Crippen LogP contribution in [0.1, 0.15) is 34.8 Å². The molecule has 5 nitrogen and oxygen atoms in total. The summed E-state index contributed by atoms with van der Waals surface area (Å²) in [6.07, 6.45) is -4.56. The molecule has 0 aromatic heterocycles. The second-order valence-electron chi connectivity index (χ2n) is 5.94. The van der Waals surface area contributed by atoms with Crippen molar-refractivity contribution in [1.29, 1.82) is 0 Å². The number of ketones is 1. The van der Waals surface area contributed by atoms with Crippen molar-refractivity contribution >= 4 is 23.3 Å². The minimum Gasteiger partial charge on any atom is -0.457 e. The number of esters is 1. The van der Waals surface area contributed by atoms with E-state index in [1.54, 1.807) is 19.1 Å². The summed E-state index contributed by atoms with van der Waals surface area (Å²) in [7, 11) is 0. The summed E-state index contributed by atoms with van der Waals surface area (Å²) in [5, 5.41) is 2.63. The second kappa shape index (κ2) is 9.16. The number of carbonyl (C=O) groups is 3. The van der Waals surface area contributed by atoms with Crippen molar-refractivity contribution in [2.24, 2.45) is 0 Å². The van der Waals surface area contributed by atoms with Gasteiger partial charge >= 0.3 is 12.1 Å². The Balaban J connectivity index is 1.89. The normalized spacial score (nSPS) is 11.0. The summed E-state index contributed by atoms with van der Waals surface area (Å²) < 4.78 is 42.9. The summed E-state index contributed by atoms with van der Waals surface area (Å²) in [6, 6.07) is 10.4. The number of Topliss-reactive ketones (excluding diaryl/α,β-unsaturated/α-hetero) is 1. The van der Waals surface area contributed by atoms with Crippen LogP contribution in [0.3, 0.4) is 0 Å². The molecule has 0 bridgehead atoms. The Labute approximate surface area is 159 Å². The average Bonchev–Trinajstić information content (AvgIpc) is 2.66. The molecule has 0 saturated carbocycles. The van der Waals surface area contributed by atoms with Gasteiger partial charge in [-0.05, 0) is 35.9 Å². The summed E-state index contributed by atoms with van der Waals surface area (Å²) in [5.41, 5.74) is 0.0960. The smallest absolute Gasteiger partial charge is 0.416 e. The van der Waals surface area contributed by atoms with Crippen molar-refractivity contribution in [3.63, 3.8) is 0 Å². The van der Waals surface area contributed by atoms with Gasteiger partial charge in [-0.2, -0.15) is 13.2 Å². The highest BCUT2D eigenvalue weighted by Gasteiger charge is 2.30. The molecule has 1 amide bonds. The fourth-order valence-electron chi connectivity index (χ4n) is 2.29. The average molecular weight is 393 g/mol. The van der Waals surface area contributed by atoms with Crippen molar-refractivity contribution < 1.29 is 32.3 Å². The minimum absolute atomic E-state index is 0.142. The lowest BCUT2D eigenvalue weighted by Gasteiger charge is -2.09. The first kappa shape index (κ1) is 21.1. The fraction of sp³-hybridized carbons (Fsp3) is 0.250. The molecule has 8 heteroatoms. The van der Waals surface area contributed by atoms with Crippen LogP contribution in [0.25, 0.3) is 0 Å². The summed E-state index contributed by atoms with van der Waals surface area (Å²) in [5.74, 6) is -1.44. The third-order valence-corrected chi connectivity index (χ3v) is 3.78. The Kier molecular flexibility index (Phi) is 6.92. The number of hydrogen-bond acceptors (Lipinski definition) is 4. The van der Waals surface area contributed by atoms with Crippen molar-refractivity contribution in [2.45, 2.75) is 25.9 Å². The minimum atomic E-state index is -4.50. The maximum absolute atomic E-state index is 12.7. The van der Waals surface area contributed by atoms with E-state index in [4.69, 9.17) is 4.74 Å². The number of benzene rings is 2. The molecule has 2 aromatic rings. The predicted octanol–water partition coefficient (Wildman–Crippen LogP) is 4.02. The van der Waals surface area contributed by atoms with E-state index in [9.17, 15) is 27.6 Å². The fourth-order valence-corrected chi connectivity index (χ4v) is 2.29. The zero-order chi connectivity index (χ0) is 20.7. The number of alkyl halides is 3. The van der Waals surface area contributed by atoms with Crippen LogP contribution in [0.4, 0.5) is 18.9 Å². The zero-order valence-corrected chi connectivity index (χ0v) is 15.0. The van der Waals surface area contributed by atoms with Crippen LogP contribution in [0.15, 0.2) is 48.5 Å². The van der Waals surface area contributed by atoms with Crippen molar-refractivity contribution in [1.82, 2.24) is 0 Å². The first-order valence-corrected chi connectivity index (χ1v) is 8.44. The largest absolute Gasteiger partial charge is 0.457 e. The number of ether oxygens (including phenoxy) is 1. The second-order valence-corrected chi connectivity index (χ2v) is 5.94. The summed E-state index contributed by atoms with van der Waals surface area (Å²) >= 11 is 0. The van der Waals surface area contributed by atoms with Crippen LogP contribution in [-0.4, -0.2) is 24.3 Å². The van der Waals surface area contributed by atoms with Crippen LogP contribution in [-0.2, 0) is 26.9 Å². The SMILES string of the molecule is CCC(=O)Nc1ccc(C(=O)COC(=O)Cc2cccc(C(F)(F)F)c2)cc1. The van der Waals surface area contributed by atoms with Gasteiger partial charge in [-0.3, -0.25) is 14.4 Å². The van der Waals surface area contributed by atoms with E-state index < -0.39 is 30.1 Å². The highest BCUT2D eigenvalue weighted by Crippen LogP contribution is 2.29. The summed E-state index contributed by atoms with van der Waals surface area (Å²) in [6.45, 7) is 1.18. The van der Waals surface area contributed by atoms with Crippen LogP contribution in [0.5, 0.6) is 0 Å². The van der Waals surface area contributed by atoms with Gasteiger partial charge in [0.05, 0.1) is 12.0 Å². The van der Waals surface area contributed by atoms with E-state index in [1.165, 1.54) is 24.3 Å². The van der Waals surface area contributed by atoms with E-state index in [2.05, 4.69) is 5.32 Å². The van der Waals surface area contributed by atoms with Gasteiger partial charge in [-0.25, -0.2) is 0 Å². The molecule has 0 aliphatic heterocycles. The Bertz CT molecular complexity index is 860. The number of rotatable bonds is 7. The molecule has 1 N–H and O–H groups in total. The van der Waals surface area contributed by atoms with E-state index in [1.807, 2.05) is 0 Å². The lowest BCUT2D eigenvalue weighted by atomic mass is 10.1. The molecule has 148 valence electrons. The van der Waals surface area contributed by atoms with Crippen molar-refractivity contribution in [2.75, 3.05) is 11.9 Å². The van der Waals surface area contributed by atoms with Crippen LogP contribution in [0, 0.1) is 0 Å². The van der Waals surface area contributed by atoms with Crippen LogP contribution in [0.2, 0.25) is 0 Å². The molecule has 0 radical (unpaired) electrons. The van der Waals surface area contributed by atoms with Gasteiger partial charge < -0.3 is 10.1 Å². The van der Waals surface area contributed by atoms with Gasteiger partial charge in [0.25, 0.3) is 0 Å². The van der Waals surface area contributed by atoms with Gasteiger partial charge in [-0.15, -0.1) is 0 Å². The maximum atomic E-state index is 12.7. The number of amides is 1. The Hall–Kier alpha value is -3.16. The van der Waals surface area contributed by atoms with Gasteiger partial charge in [0.1, 0.15) is 0 Å². The molecule has 2 aromatic carbocycles. The molecule has 28 heavy (non-hydrogen) atoms. The first-order valence-electron chi connectivity index (χ1n) is 8.44. The number of carbonyl (C=O) groups excluding carboxylic acids is 3. The number of hydrogen-bond donors (Lipinski definition) is 1. The third kappa shape index (κ3) is 6.22. The van der Waals surface area contributed by atoms with Crippen molar-refractivity contribution in [3.8, 4) is 0 Å². The molecule has 0 aliphatic rings. The highest BCUT2D eigenvalue weighted by atomic mass is 19.4. The van der Waals surface area contributed by atoms with Gasteiger partial charge in [0.2, 0.25) is 5.91 Å². The van der Waals surface area contributed by atoms with E-state index in [-0.39, 0.29) is 23.5 Å². The molecule has 0 atom stereocenters. The van der Waals surface area contributed by atoms with Gasteiger partial charge in [0, 0.05) is 17.7 Å². The number of halogens is 3. The molecule has 0 heterocycles. The molecule has 0 saturated heterocycles. The predicted molar refractivity (Wildman–Crippen MR) is 95.8 cm³/mol. The quantitative estimate of drug-likeness (QED) is 0.570. The van der Waals surface area contributed by atoms with Crippen LogP contribution >= 0.6 is 0 Å². The molecule has 0 fully saturated rings. The topological polar surface area (TPSA) is 72.5 Å². The first-order chi connectivity index (χ1) is 13.2. The Morgan fingerprint density at radius 3 is 2.32 bits per heavy atom. The molecule has 0 aliphatic carbocycles. The van der Waals surface area contributed by atoms with Gasteiger partial charge in [0.15, 0.2) is 12.4 Å². The molecule has 0 spiro atoms. The standard InChI is InChI=1S/C20H18F3NO4/c1-2-18(26)24-16-8-6-14(7-9-16)17(25)12-28-19(27)11-13-4-3-5-15(10-13)20(21,22)23/h3-10H,2,11-12H2,1H3,(H,24,26). The third-order valence-electron chi connectivity index (χ3n) is 3.78. The zero-order valence-electron chi connectivity index (χ0n) is 15.0. The van der Waals surface area contributed by atoms with E-state index in [0.29, 0.717) is 12.1 Å². The highest BCUT2D eigenvalue weighted by molar-refractivity contribution is 5.98. The number of nitrogens with one attached hydrogen (secondary N) is 1. The van der Waals surface area contributed by atoms with Crippen LogP contribution < -0.4 is 5.32 Å². The number of anilines is 1. The monoisotopic (exact) mass is 393 g/mol.